The fourth-order valence-electron chi connectivity index (χ4n) is 1.59. The van der Waals surface area contributed by atoms with Gasteiger partial charge in [0.05, 0.1) is 6.04 Å². The molecule has 1 aliphatic heterocycles. The Morgan fingerprint density at radius 1 is 1.50 bits per heavy atom. The summed E-state index contributed by atoms with van der Waals surface area (Å²) >= 11 is 6.02. The Kier molecular flexibility index (Phi) is 2.44. The number of anilines is 1. The summed E-state index contributed by atoms with van der Waals surface area (Å²) in [5, 5.41) is 3.46. The van der Waals surface area contributed by atoms with Gasteiger partial charge in [0.1, 0.15) is 0 Å². The molecule has 0 saturated carbocycles. The molecule has 1 aliphatic rings. The van der Waals surface area contributed by atoms with Crippen molar-refractivity contribution in [3.63, 3.8) is 0 Å². The number of carbonyl (C=O) groups excluding carboxylic acids is 1. The lowest BCUT2D eigenvalue weighted by Gasteiger charge is -2.07. The maximum atomic E-state index is 11.4. The van der Waals surface area contributed by atoms with Gasteiger partial charge in [0.2, 0.25) is 5.91 Å². The van der Waals surface area contributed by atoms with Crippen molar-refractivity contribution >= 4 is 23.2 Å². The first-order valence-electron chi connectivity index (χ1n) is 4.52. The van der Waals surface area contributed by atoms with Gasteiger partial charge in [0.15, 0.2) is 0 Å². The maximum Gasteiger partial charge on any atom is 0.241 e. The normalized spacial score (nSPS) is 21.0. The van der Waals surface area contributed by atoms with E-state index < -0.39 is 6.04 Å². The van der Waals surface area contributed by atoms with Gasteiger partial charge in [-0.1, -0.05) is 17.7 Å². The first-order valence-corrected chi connectivity index (χ1v) is 4.90. The van der Waals surface area contributed by atoms with Crippen LogP contribution in [0.5, 0.6) is 0 Å². The van der Waals surface area contributed by atoms with Crippen molar-refractivity contribution in [2.75, 3.05) is 5.32 Å². The molecule has 4 heteroatoms. The van der Waals surface area contributed by atoms with Gasteiger partial charge in [-0.15, -0.1) is 0 Å². The van der Waals surface area contributed by atoms with Crippen molar-refractivity contribution in [2.45, 2.75) is 18.9 Å². The lowest BCUT2D eigenvalue weighted by atomic mass is 10.1. The van der Waals surface area contributed by atoms with E-state index in [9.17, 15) is 4.79 Å². The second kappa shape index (κ2) is 3.59. The van der Waals surface area contributed by atoms with Crippen LogP contribution in [-0.2, 0) is 11.2 Å². The Labute approximate surface area is 87.2 Å². The zero-order valence-corrected chi connectivity index (χ0v) is 8.34. The van der Waals surface area contributed by atoms with Gasteiger partial charge in [-0.05, 0) is 30.5 Å². The predicted octanol–water partition coefficient (Wildman–Crippen LogP) is 1.55. The minimum absolute atomic E-state index is 0.133. The smallest absolute Gasteiger partial charge is 0.241 e. The molecule has 74 valence electrons. The van der Waals surface area contributed by atoms with E-state index in [2.05, 4.69) is 5.32 Å². The third-order valence-corrected chi connectivity index (χ3v) is 2.77. The second-order valence-electron chi connectivity index (χ2n) is 3.40. The summed E-state index contributed by atoms with van der Waals surface area (Å²) in [6, 6.07) is 5.05. The van der Waals surface area contributed by atoms with Crippen molar-refractivity contribution < 1.29 is 4.79 Å². The molecule has 0 saturated heterocycles. The summed E-state index contributed by atoms with van der Waals surface area (Å²) in [5.74, 6) is -0.133. The van der Waals surface area contributed by atoms with Crippen LogP contribution in [0.15, 0.2) is 18.2 Å². The van der Waals surface area contributed by atoms with Gasteiger partial charge in [-0.3, -0.25) is 4.79 Å². The van der Waals surface area contributed by atoms with Crippen molar-refractivity contribution in [1.82, 2.24) is 0 Å². The second-order valence-corrected chi connectivity index (χ2v) is 3.81. The highest BCUT2D eigenvalue weighted by Crippen LogP contribution is 2.28. The molecule has 1 atom stereocenters. The van der Waals surface area contributed by atoms with Gasteiger partial charge in [0, 0.05) is 10.7 Å². The molecule has 3 N–H and O–H groups in total. The Hall–Kier alpha value is -1.06. The highest BCUT2D eigenvalue weighted by atomic mass is 35.5. The van der Waals surface area contributed by atoms with Crippen LogP contribution < -0.4 is 11.1 Å². The van der Waals surface area contributed by atoms with Crippen LogP contribution in [0.1, 0.15) is 12.0 Å². The quantitative estimate of drug-likeness (QED) is 0.683. The summed E-state index contributed by atoms with van der Waals surface area (Å²) in [6.45, 7) is 0. The van der Waals surface area contributed by atoms with Gasteiger partial charge < -0.3 is 11.1 Å². The van der Waals surface area contributed by atoms with Crippen LogP contribution in [-0.4, -0.2) is 11.9 Å². The molecule has 1 aromatic carbocycles. The Morgan fingerprint density at radius 3 is 3.07 bits per heavy atom. The molecule has 0 aromatic heterocycles. The number of halogens is 1. The van der Waals surface area contributed by atoms with E-state index in [1.54, 1.807) is 0 Å². The lowest BCUT2D eigenvalue weighted by Crippen LogP contribution is -2.34. The Bertz CT molecular complexity index is 378. The molecule has 3 nitrogen and oxygen atoms in total. The first-order chi connectivity index (χ1) is 6.68. The minimum atomic E-state index is -0.432. The number of nitrogens with one attached hydrogen (secondary N) is 1. The van der Waals surface area contributed by atoms with Crippen LogP contribution in [0.3, 0.4) is 0 Å². The molecule has 0 spiro atoms. The van der Waals surface area contributed by atoms with Crippen molar-refractivity contribution in [3.05, 3.63) is 28.8 Å². The van der Waals surface area contributed by atoms with E-state index in [-0.39, 0.29) is 5.91 Å². The monoisotopic (exact) mass is 210 g/mol. The predicted molar refractivity (Wildman–Crippen MR) is 56.4 cm³/mol. The average Bonchev–Trinajstić information content (AvgIpc) is 2.29. The number of hydrogen-bond acceptors (Lipinski definition) is 2. The molecule has 14 heavy (non-hydrogen) atoms. The first kappa shape index (κ1) is 9.49. The molecule has 0 aliphatic carbocycles. The van der Waals surface area contributed by atoms with E-state index >= 15 is 0 Å². The summed E-state index contributed by atoms with van der Waals surface area (Å²) < 4.78 is 0. The van der Waals surface area contributed by atoms with Crippen molar-refractivity contribution in [1.29, 1.82) is 0 Å². The van der Waals surface area contributed by atoms with Crippen LogP contribution in [0.2, 0.25) is 5.02 Å². The van der Waals surface area contributed by atoms with Crippen molar-refractivity contribution in [2.24, 2.45) is 5.73 Å². The summed E-state index contributed by atoms with van der Waals surface area (Å²) in [4.78, 5) is 11.4. The molecule has 1 amide bonds. The minimum Gasteiger partial charge on any atom is -0.324 e. The third-order valence-electron chi connectivity index (χ3n) is 2.42. The highest BCUT2D eigenvalue weighted by molar-refractivity contribution is 6.31. The SMILES string of the molecule is NC1CCc2c(Cl)cccc2NC1=O. The zero-order chi connectivity index (χ0) is 10.1. The fraction of sp³-hybridized carbons (Fsp3) is 0.300. The van der Waals surface area contributed by atoms with Crippen LogP contribution >= 0.6 is 11.6 Å². The lowest BCUT2D eigenvalue weighted by molar-refractivity contribution is -0.117. The molecule has 0 radical (unpaired) electrons. The number of benzene rings is 1. The number of rotatable bonds is 0. The molecule has 1 aromatic rings. The average molecular weight is 211 g/mol. The van der Waals surface area contributed by atoms with Gasteiger partial charge in [-0.2, -0.15) is 0 Å². The third kappa shape index (κ3) is 1.61. The van der Waals surface area contributed by atoms with E-state index in [0.717, 1.165) is 17.7 Å². The summed E-state index contributed by atoms with van der Waals surface area (Å²) in [5.41, 5.74) is 7.42. The highest BCUT2D eigenvalue weighted by Gasteiger charge is 2.20. The number of hydrogen-bond donors (Lipinski definition) is 2. The maximum absolute atomic E-state index is 11.4. The molecule has 1 unspecified atom stereocenters. The van der Waals surface area contributed by atoms with E-state index in [4.69, 9.17) is 17.3 Å². The Morgan fingerprint density at radius 2 is 2.29 bits per heavy atom. The molecular formula is C10H11ClN2O. The summed E-state index contributed by atoms with van der Waals surface area (Å²) in [6.07, 6.45) is 1.39. The fourth-order valence-corrected chi connectivity index (χ4v) is 1.86. The van der Waals surface area contributed by atoms with E-state index in [1.165, 1.54) is 0 Å². The standard InChI is InChI=1S/C10H11ClN2O/c11-7-2-1-3-9-6(7)4-5-8(12)10(14)13-9/h1-3,8H,4-5,12H2,(H,13,14). The van der Waals surface area contributed by atoms with Gasteiger partial charge in [0.25, 0.3) is 0 Å². The number of nitrogens with two attached hydrogens (primary N) is 1. The molecule has 2 rings (SSSR count). The molecule has 1 heterocycles. The zero-order valence-electron chi connectivity index (χ0n) is 7.59. The van der Waals surface area contributed by atoms with Crippen molar-refractivity contribution in [3.8, 4) is 0 Å². The van der Waals surface area contributed by atoms with E-state index in [1.807, 2.05) is 18.2 Å². The molecule has 0 fully saturated rings. The van der Waals surface area contributed by atoms with E-state index in [0.29, 0.717) is 11.4 Å². The van der Waals surface area contributed by atoms with Gasteiger partial charge in [-0.25, -0.2) is 0 Å². The Balaban J connectivity index is 2.42. The largest absolute Gasteiger partial charge is 0.324 e. The van der Waals surface area contributed by atoms with Gasteiger partial charge >= 0.3 is 0 Å². The summed E-state index contributed by atoms with van der Waals surface area (Å²) in [7, 11) is 0. The molecule has 0 bridgehead atoms. The molecular weight excluding hydrogens is 200 g/mol. The van der Waals surface area contributed by atoms with Crippen LogP contribution in [0, 0.1) is 0 Å². The number of fused-ring (bicyclic) bond motifs is 1. The van der Waals surface area contributed by atoms with Crippen LogP contribution in [0.4, 0.5) is 5.69 Å². The van der Waals surface area contributed by atoms with Crippen LogP contribution in [0.25, 0.3) is 0 Å². The number of amides is 1. The topological polar surface area (TPSA) is 55.1 Å². The number of carbonyl (C=O) groups is 1.